The van der Waals surface area contributed by atoms with Crippen LogP contribution in [0.15, 0.2) is 41.7 Å². The van der Waals surface area contributed by atoms with Crippen molar-refractivity contribution in [1.29, 1.82) is 0 Å². The number of benzene rings is 1. The Hall–Kier alpha value is -1.88. The second-order valence-electron chi connectivity index (χ2n) is 3.47. The minimum absolute atomic E-state index is 0.565. The average Bonchev–Trinajstić information content (AvgIpc) is 2.79. The zero-order chi connectivity index (χ0) is 11.0. The number of nitrogens with zero attached hydrogens (tertiary/aromatic N) is 4. The summed E-state index contributed by atoms with van der Waals surface area (Å²) in [6.45, 7) is 0. The molecular weight excluding hydrogens is 220 g/mol. The smallest absolute Gasteiger partial charge is 0.215 e. The molecule has 0 aliphatic carbocycles. The van der Waals surface area contributed by atoms with E-state index in [0.717, 1.165) is 16.3 Å². The van der Waals surface area contributed by atoms with Crippen LogP contribution in [0.3, 0.4) is 0 Å². The fourth-order valence-electron chi connectivity index (χ4n) is 1.66. The van der Waals surface area contributed by atoms with E-state index < -0.39 is 0 Å². The van der Waals surface area contributed by atoms with E-state index >= 15 is 0 Å². The highest BCUT2D eigenvalue weighted by Gasteiger charge is 2.18. The van der Waals surface area contributed by atoms with E-state index in [2.05, 4.69) is 15.1 Å². The molecule has 1 aliphatic rings. The molecule has 2 heterocycles. The molecule has 3 rings (SSSR count). The summed E-state index contributed by atoms with van der Waals surface area (Å²) in [5, 5.41) is 4.02. The lowest BCUT2D eigenvalue weighted by Gasteiger charge is -2.13. The highest BCUT2D eigenvalue weighted by molar-refractivity contribution is 7.80. The van der Waals surface area contributed by atoms with E-state index in [4.69, 9.17) is 12.2 Å². The SMILES string of the molecule is S=C1CC(c2ccccc2)=Nc2ncnn21. The van der Waals surface area contributed by atoms with Crippen molar-refractivity contribution < 1.29 is 0 Å². The van der Waals surface area contributed by atoms with Gasteiger partial charge in [0.05, 0.1) is 5.71 Å². The molecule has 2 aromatic rings. The minimum Gasteiger partial charge on any atom is -0.215 e. The predicted octanol–water partition coefficient (Wildman–Crippen LogP) is 1.98. The zero-order valence-corrected chi connectivity index (χ0v) is 9.18. The summed E-state index contributed by atoms with van der Waals surface area (Å²) in [6, 6.07) is 10.00. The predicted molar refractivity (Wildman–Crippen MR) is 65.3 cm³/mol. The summed E-state index contributed by atoms with van der Waals surface area (Å²) in [6.07, 6.45) is 2.11. The summed E-state index contributed by atoms with van der Waals surface area (Å²) in [5.41, 5.74) is 2.03. The van der Waals surface area contributed by atoms with Gasteiger partial charge in [-0.3, -0.25) is 0 Å². The van der Waals surface area contributed by atoms with Gasteiger partial charge in [-0.1, -0.05) is 42.5 Å². The second-order valence-corrected chi connectivity index (χ2v) is 3.94. The third kappa shape index (κ3) is 1.45. The van der Waals surface area contributed by atoms with E-state index in [1.807, 2.05) is 30.3 Å². The molecule has 4 nitrogen and oxygen atoms in total. The summed E-state index contributed by atoms with van der Waals surface area (Å²) in [5.74, 6) is 0.565. The Balaban J connectivity index is 2.10. The van der Waals surface area contributed by atoms with Crippen LogP contribution in [-0.4, -0.2) is 25.5 Å². The van der Waals surface area contributed by atoms with Crippen LogP contribution in [0.25, 0.3) is 0 Å². The fourth-order valence-corrected chi connectivity index (χ4v) is 1.93. The van der Waals surface area contributed by atoms with Gasteiger partial charge in [-0.2, -0.15) is 14.8 Å². The maximum Gasteiger partial charge on any atom is 0.253 e. The number of hydrogen-bond acceptors (Lipinski definition) is 4. The van der Waals surface area contributed by atoms with Crippen molar-refractivity contribution >= 4 is 28.9 Å². The van der Waals surface area contributed by atoms with E-state index in [1.54, 1.807) is 4.68 Å². The first kappa shape index (κ1) is 9.35. The highest BCUT2D eigenvalue weighted by atomic mass is 32.1. The van der Waals surface area contributed by atoms with Gasteiger partial charge in [0.15, 0.2) is 0 Å². The molecule has 0 fully saturated rings. The molecule has 0 unspecified atom stereocenters. The van der Waals surface area contributed by atoms with Crippen LogP contribution in [0.4, 0.5) is 5.95 Å². The summed E-state index contributed by atoms with van der Waals surface area (Å²) in [7, 11) is 0. The summed E-state index contributed by atoms with van der Waals surface area (Å²) < 4.78 is 1.60. The fraction of sp³-hybridized carbons (Fsp3) is 0.0909. The van der Waals surface area contributed by atoms with Gasteiger partial charge < -0.3 is 0 Å². The molecule has 0 saturated heterocycles. The molecule has 0 bridgehead atoms. The molecule has 0 atom stereocenters. The normalized spacial score (nSPS) is 14.5. The second kappa shape index (κ2) is 3.61. The molecule has 1 aromatic heterocycles. The first-order valence-electron chi connectivity index (χ1n) is 4.91. The zero-order valence-electron chi connectivity index (χ0n) is 8.37. The Morgan fingerprint density at radius 1 is 1.19 bits per heavy atom. The monoisotopic (exact) mass is 228 g/mol. The van der Waals surface area contributed by atoms with E-state index in [0.29, 0.717) is 12.4 Å². The van der Waals surface area contributed by atoms with Crippen molar-refractivity contribution in [1.82, 2.24) is 14.8 Å². The number of rotatable bonds is 1. The maximum atomic E-state index is 5.27. The van der Waals surface area contributed by atoms with Gasteiger partial charge in [0.1, 0.15) is 11.3 Å². The Kier molecular flexibility index (Phi) is 2.11. The minimum atomic E-state index is 0.565. The third-order valence-electron chi connectivity index (χ3n) is 2.43. The van der Waals surface area contributed by atoms with Gasteiger partial charge in [-0.25, -0.2) is 4.99 Å². The van der Waals surface area contributed by atoms with E-state index in [1.165, 1.54) is 6.33 Å². The quantitative estimate of drug-likeness (QED) is 0.701. The third-order valence-corrected chi connectivity index (χ3v) is 2.74. The lowest BCUT2D eigenvalue weighted by molar-refractivity contribution is 0.921. The van der Waals surface area contributed by atoms with Crippen molar-refractivity contribution in [3.8, 4) is 0 Å². The molecule has 1 aliphatic heterocycles. The molecule has 16 heavy (non-hydrogen) atoms. The Labute approximate surface area is 97.7 Å². The van der Waals surface area contributed by atoms with E-state index in [9.17, 15) is 0 Å². The van der Waals surface area contributed by atoms with Gasteiger partial charge in [0, 0.05) is 6.42 Å². The molecule has 1 aromatic carbocycles. The molecular formula is C11H8N4S. The van der Waals surface area contributed by atoms with Gasteiger partial charge in [0.2, 0.25) is 0 Å². The number of thiocarbonyl (C=S) groups is 1. The Morgan fingerprint density at radius 3 is 2.81 bits per heavy atom. The first-order chi connectivity index (χ1) is 7.84. The van der Waals surface area contributed by atoms with Gasteiger partial charge in [-0.05, 0) is 5.56 Å². The van der Waals surface area contributed by atoms with E-state index in [-0.39, 0.29) is 0 Å². The molecule has 0 radical (unpaired) electrons. The van der Waals surface area contributed by atoms with Crippen LogP contribution in [0.1, 0.15) is 12.0 Å². The number of fused-ring (bicyclic) bond motifs is 1. The summed E-state index contributed by atoms with van der Waals surface area (Å²) >= 11 is 5.27. The highest BCUT2D eigenvalue weighted by Crippen LogP contribution is 2.18. The average molecular weight is 228 g/mol. The molecule has 0 amide bonds. The standard InChI is InChI=1S/C11H8N4S/c16-10-6-9(8-4-2-1-3-5-8)14-11-12-7-13-15(10)11/h1-5,7H,6H2. The van der Waals surface area contributed by atoms with Crippen LogP contribution < -0.4 is 0 Å². The van der Waals surface area contributed by atoms with Crippen molar-refractivity contribution in [2.75, 3.05) is 0 Å². The van der Waals surface area contributed by atoms with Crippen LogP contribution in [0, 0.1) is 0 Å². The molecule has 0 spiro atoms. The largest absolute Gasteiger partial charge is 0.253 e. The van der Waals surface area contributed by atoms with Gasteiger partial charge >= 0.3 is 0 Å². The van der Waals surface area contributed by atoms with Gasteiger partial charge in [-0.15, -0.1) is 0 Å². The van der Waals surface area contributed by atoms with Crippen molar-refractivity contribution in [3.05, 3.63) is 42.2 Å². The molecule has 0 saturated carbocycles. The summed E-state index contributed by atoms with van der Waals surface area (Å²) in [4.78, 5) is 9.24. The number of hydrogen-bond donors (Lipinski definition) is 0. The molecule has 5 heteroatoms. The van der Waals surface area contributed by atoms with Gasteiger partial charge in [0.25, 0.3) is 5.95 Å². The Morgan fingerprint density at radius 2 is 2.00 bits per heavy atom. The topological polar surface area (TPSA) is 43.1 Å². The number of aliphatic imine (C=N–C) groups is 1. The van der Waals surface area contributed by atoms with Crippen LogP contribution in [0.2, 0.25) is 0 Å². The van der Waals surface area contributed by atoms with Crippen LogP contribution >= 0.6 is 12.2 Å². The Bertz CT molecular complexity index is 571. The van der Waals surface area contributed by atoms with Crippen molar-refractivity contribution in [2.45, 2.75) is 6.42 Å². The maximum absolute atomic E-state index is 5.27. The van der Waals surface area contributed by atoms with Crippen molar-refractivity contribution in [3.63, 3.8) is 0 Å². The number of aromatic nitrogens is 3. The molecule has 78 valence electrons. The molecule has 0 N–H and O–H groups in total. The van der Waals surface area contributed by atoms with Crippen LogP contribution in [-0.2, 0) is 0 Å². The first-order valence-corrected chi connectivity index (χ1v) is 5.31. The lowest BCUT2D eigenvalue weighted by atomic mass is 10.1. The lowest BCUT2D eigenvalue weighted by Crippen LogP contribution is -2.20. The van der Waals surface area contributed by atoms with Crippen molar-refractivity contribution in [2.24, 2.45) is 4.99 Å². The van der Waals surface area contributed by atoms with Crippen LogP contribution in [0.5, 0.6) is 0 Å².